The van der Waals surface area contributed by atoms with Crippen molar-refractivity contribution in [1.82, 2.24) is 4.98 Å². The van der Waals surface area contributed by atoms with Crippen LogP contribution in [-0.4, -0.2) is 11.0 Å². The van der Waals surface area contributed by atoms with E-state index in [1.165, 1.54) is 6.07 Å². The van der Waals surface area contributed by atoms with Crippen molar-refractivity contribution in [2.75, 3.05) is 0 Å². The van der Waals surface area contributed by atoms with Crippen LogP contribution in [0.2, 0.25) is 0 Å². The first kappa shape index (κ1) is 23.1. The molecule has 5 aromatic rings. The van der Waals surface area contributed by atoms with E-state index in [1.54, 1.807) is 6.07 Å². The summed E-state index contributed by atoms with van der Waals surface area (Å²) in [7, 11) is 0. The van der Waals surface area contributed by atoms with Crippen LogP contribution in [0.25, 0.3) is 33.3 Å². The van der Waals surface area contributed by atoms with Crippen LogP contribution < -0.4 is 39.4 Å². The molecule has 5 rings (SSSR count). The summed E-state index contributed by atoms with van der Waals surface area (Å²) in [6, 6.07) is 22.6. The normalized spacial score (nSPS) is 10.8. The maximum absolute atomic E-state index is 12.2. The molecule has 0 amide bonds. The van der Waals surface area contributed by atoms with Crippen molar-refractivity contribution in [3.63, 3.8) is 0 Å². The van der Waals surface area contributed by atoms with Gasteiger partial charge in [-0.1, -0.05) is 54.6 Å². The summed E-state index contributed by atoms with van der Waals surface area (Å²) in [5, 5.41) is 13.6. The molecule has 33 heavy (non-hydrogen) atoms. The van der Waals surface area contributed by atoms with E-state index in [4.69, 9.17) is 14.1 Å². The number of carboxylic acid groups (broad SMARTS) is 1. The first-order chi connectivity index (χ1) is 15.5. The topological polar surface area (TPSA) is 75.4 Å². The van der Waals surface area contributed by atoms with E-state index in [0.717, 1.165) is 27.7 Å². The zero-order valence-corrected chi connectivity index (χ0v) is 20.7. The molecule has 158 valence electrons. The van der Waals surface area contributed by atoms with Crippen LogP contribution in [0.15, 0.2) is 77.2 Å². The largest absolute Gasteiger partial charge is 1.00 e. The minimum absolute atomic E-state index is 0. The monoisotopic (exact) mass is 445 g/mol. The summed E-state index contributed by atoms with van der Waals surface area (Å²) in [5.74, 6) is -0.290. The van der Waals surface area contributed by atoms with Gasteiger partial charge < -0.3 is 19.1 Å². The van der Waals surface area contributed by atoms with Crippen LogP contribution in [-0.2, 0) is 6.61 Å². The molecule has 0 radical (unpaired) electrons. The zero-order chi connectivity index (χ0) is 22.2. The minimum Gasteiger partial charge on any atom is -0.545 e. The van der Waals surface area contributed by atoms with Crippen LogP contribution >= 0.6 is 0 Å². The van der Waals surface area contributed by atoms with E-state index < -0.39 is 5.97 Å². The van der Waals surface area contributed by atoms with Crippen molar-refractivity contribution in [2.45, 2.75) is 20.5 Å². The van der Waals surface area contributed by atoms with Gasteiger partial charge in [-0.3, -0.25) is 0 Å². The molecule has 0 aliphatic heterocycles. The second-order valence-corrected chi connectivity index (χ2v) is 7.77. The number of aromatic nitrogens is 1. The number of carbonyl (C=O) groups is 1. The Morgan fingerprint density at radius 2 is 1.73 bits per heavy atom. The number of furan rings is 1. The molecule has 0 unspecified atom stereocenters. The maximum Gasteiger partial charge on any atom is 1.00 e. The number of hydrogen-bond donors (Lipinski definition) is 0. The van der Waals surface area contributed by atoms with Crippen LogP contribution in [0.5, 0.6) is 5.75 Å². The summed E-state index contributed by atoms with van der Waals surface area (Å²) in [6.07, 6.45) is 0. The molecule has 0 saturated heterocycles. The number of fused-ring (bicyclic) bond motifs is 2. The molecule has 3 aromatic carbocycles. The van der Waals surface area contributed by atoms with E-state index in [1.807, 2.05) is 74.5 Å². The number of pyridine rings is 1. The average Bonchev–Trinajstić information content (AvgIpc) is 3.15. The number of benzene rings is 3. The molecular weight excluding hydrogens is 425 g/mol. The summed E-state index contributed by atoms with van der Waals surface area (Å²) in [4.78, 5) is 17.0. The van der Waals surface area contributed by atoms with Gasteiger partial charge in [0.1, 0.15) is 23.6 Å². The molecule has 0 saturated carbocycles. The van der Waals surface area contributed by atoms with Gasteiger partial charge in [0, 0.05) is 16.5 Å². The number of carboxylic acids is 1. The standard InChI is InChI=1S/C27H21NO4.Na/c1-16-12-13-23(31-15-18-8-4-3-5-9-18)24-20(27(29)30)14-21(28-25(16)24)26-17(2)19-10-6-7-11-22(19)32-26;/h3-14H,15H2,1-2H3,(H,29,30);/q;+1/p-1. The van der Waals surface area contributed by atoms with Crippen LogP contribution in [0.4, 0.5) is 0 Å². The van der Waals surface area contributed by atoms with Crippen molar-refractivity contribution in [3.8, 4) is 17.2 Å². The molecule has 5 nitrogen and oxygen atoms in total. The molecule has 0 aliphatic carbocycles. The Balaban J connectivity index is 0.00000259. The zero-order valence-electron chi connectivity index (χ0n) is 18.7. The molecule has 2 aromatic heterocycles. The summed E-state index contributed by atoms with van der Waals surface area (Å²) >= 11 is 0. The third kappa shape index (κ3) is 4.27. The van der Waals surface area contributed by atoms with E-state index in [2.05, 4.69) is 0 Å². The molecule has 0 spiro atoms. The quantitative estimate of drug-likeness (QED) is 0.388. The third-order valence-electron chi connectivity index (χ3n) is 5.66. The van der Waals surface area contributed by atoms with Crippen LogP contribution in [0.3, 0.4) is 0 Å². The number of aryl methyl sites for hydroxylation is 2. The molecule has 6 heteroatoms. The Bertz CT molecular complexity index is 1470. The van der Waals surface area contributed by atoms with Gasteiger partial charge in [-0.25, -0.2) is 4.98 Å². The fourth-order valence-corrected chi connectivity index (χ4v) is 3.99. The van der Waals surface area contributed by atoms with E-state index in [0.29, 0.717) is 34.7 Å². The number of nitrogens with zero attached hydrogens (tertiary/aromatic N) is 1. The Morgan fingerprint density at radius 3 is 2.45 bits per heavy atom. The first-order valence-electron chi connectivity index (χ1n) is 10.3. The number of carbonyl (C=O) groups excluding carboxylic acids is 1. The van der Waals surface area contributed by atoms with Crippen LogP contribution in [0.1, 0.15) is 27.0 Å². The van der Waals surface area contributed by atoms with Gasteiger partial charge in [0.25, 0.3) is 0 Å². The second-order valence-electron chi connectivity index (χ2n) is 7.77. The molecule has 2 heterocycles. The summed E-state index contributed by atoms with van der Waals surface area (Å²) < 4.78 is 12.1. The van der Waals surface area contributed by atoms with Crippen molar-refractivity contribution < 1.29 is 48.6 Å². The van der Waals surface area contributed by atoms with Crippen molar-refractivity contribution in [3.05, 3.63) is 95.1 Å². The van der Waals surface area contributed by atoms with Gasteiger partial charge in [-0.2, -0.15) is 0 Å². The Morgan fingerprint density at radius 1 is 1.00 bits per heavy atom. The second kappa shape index (κ2) is 9.40. The predicted octanol–water partition coefficient (Wildman–Crippen LogP) is 2.21. The third-order valence-corrected chi connectivity index (χ3v) is 5.66. The Kier molecular flexibility index (Phi) is 6.56. The number of hydrogen-bond acceptors (Lipinski definition) is 5. The molecule has 0 bridgehead atoms. The Hall–Kier alpha value is -3.12. The first-order valence-corrected chi connectivity index (χ1v) is 10.3. The van der Waals surface area contributed by atoms with E-state index >= 15 is 0 Å². The molecule has 0 fully saturated rings. The van der Waals surface area contributed by atoms with Gasteiger partial charge in [0.2, 0.25) is 0 Å². The van der Waals surface area contributed by atoms with Crippen LogP contribution in [0, 0.1) is 13.8 Å². The van der Waals surface area contributed by atoms with E-state index in [9.17, 15) is 9.90 Å². The number of para-hydroxylation sites is 1. The molecule has 0 N–H and O–H groups in total. The summed E-state index contributed by atoms with van der Waals surface area (Å²) in [6.45, 7) is 4.15. The van der Waals surface area contributed by atoms with Crippen molar-refractivity contribution in [1.29, 1.82) is 0 Å². The maximum atomic E-state index is 12.2. The van der Waals surface area contributed by atoms with E-state index in [-0.39, 0.29) is 35.1 Å². The molecule has 0 atom stereocenters. The number of rotatable bonds is 5. The van der Waals surface area contributed by atoms with Crippen molar-refractivity contribution in [2.24, 2.45) is 0 Å². The molecule has 0 aliphatic rings. The molecular formula is C27H20NNaO4. The fraction of sp³-hybridized carbons (Fsp3) is 0.111. The van der Waals surface area contributed by atoms with Gasteiger partial charge in [-0.15, -0.1) is 0 Å². The predicted molar refractivity (Wildman–Crippen MR) is 122 cm³/mol. The summed E-state index contributed by atoms with van der Waals surface area (Å²) in [5.41, 5.74) is 4.49. The minimum atomic E-state index is -1.29. The van der Waals surface area contributed by atoms with Gasteiger partial charge >= 0.3 is 29.6 Å². The van der Waals surface area contributed by atoms with Gasteiger partial charge in [0.15, 0.2) is 5.76 Å². The Labute approximate surface area is 213 Å². The van der Waals surface area contributed by atoms with Crippen molar-refractivity contribution >= 4 is 27.8 Å². The smallest absolute Gasteiger partial charge is 0.545 e. The SMILES string of the molecule is Cc1c(-c2cc(C(=O)[O-])c3c(OCc4ccccc4)ccc(C)c3n2)oc2ccccc12.[Na+]. The average molecular weight is 445 g/mol. The number of ether oxygens (including phenoxy) is 1. The van der Waals surface area contributed by atoms with Gasteiger partial charge in [-0.05, 0) is 43.2 Å². The fourth-order valence-electron chi connectivity index (χ4n) is 3.99. The number of aromatic carboxylic acids is 1. The van der Waals surface area contributed by atoms with Gasteiger partial charge in [0.05, 0.1) is 16.9 Å².